The van der Waals surface area contributed by atoms with Gasteiger partial charge in [-0.2, -0.15) is 11.8 Å². The molecule has 1 radical (unpaired) electrons. The van der Waals surface area contributed by atoms with Crippen LogP contribution in [0, 0.1) is 0 Å². The van der Waals surface area contributed by atoms with E-state index in [0.717, 1.165) is 0 Å². The number of nitrogens with zero attached hydrogens (tertiary/aromatic N) is 1. The number of amides is 1. The van der Waals surface area contributed by atoms with Gasteiger partial charge in [0, 0.05) is 45.4 Å². The summed E-state index contributed by atoms with van der Waals surface area (Å²) < 4.78 is 0. The van der Waals surface area contributed by atoms with Crippen LogP contribution in [0.2, 0.25) is 0 Å². The summed E-state index contributed by atoms with van der Waals surface area (Å²) in [6, 6.07) is -0.482. The van der Waals surface area contributed by atoms with E-state index in [1.165, 1.54) is 30.5 Å². The summed E-state index contributed by atoms with van der Waals surface area (Å²) in [5.74, 6) is 0.119. The van der Waals surface area contributed by atoms with E-state index in [0.29, 0.717) is 5.75 Å². The number of Topliss-reactive ketones (excluding diaryl/α,β-unsaturated/α-hetero) is 1. The fourth-order valence-corrected chi connectivity index (χ4v) is 2.90. The predicted octanol–water partition coefficient (Wildman–Crippen LogP) is 0.363. The van der Waals surface area contributed by atoms with E-state index in [2.05, 4.69) is 0 Å². The second-order valence-corrected chi connectivity index (χ2v) is 4.83. The summed E-state index contributed by atoms with van der Waals surface area (Å²) in [4.78, 5) is 33.6. The molecule has 1 aliphatic heterocycles. The van der Waals surface area contributed by atoms with Crippen LogP contribution in [0.5, 0.6) is 0 Å². The van der Waals surface area contributed by atoms with E-state index in [9.17, 15) is 14.4 Å². The fourth-order valence-electron chi connectivity index (χ4n) is 1.58. The standard InChI is InChI=1S/C9H12NO3S.Y/c1-6(12)8-4-14-9(3,5-11)10(8)7(2)13;/h8H,4H2,1-3H3;/q-1;. The van der Waals surface area contributed by atoms with Crippen molar-refractivity contribution in [2.45, 2.75) is 31.7 Å². The van der Waals surface area contributed by atoms with Gasteiger partial charge in [0.1, 0.15) is 0 Å². The maximum absolute atomic E-state index is 11.3. The first-order valence-corrected chi connectivity index (χ1v) is 5.24. The zero-order valence-electron chi connectivity index (χ0n) is 8.94. The molecule has 1 rings (SSSR count). The average molecular weight is 303 g/mol. The van der Waals surface area contributed by atoms with Crippen LogP contribution in [0.4, 0.5) is 0 Å². The van der Waals surface area contributed by atoms with Gasteiger partial charge in [0.2, 0.25) is 5.91 Å². The monoisotopic (exact) mass is 303 g/mol. The molecule has 2 unspecified atom stereocenters. The summed E-state index contributed by atoms with van der Waals surface area (Å²) in [7, 11) is 0. The molecule has 1 heterocycles. The summed E-state index contributed by atoms with van der Waals surface area (Å²) >= 11 is 1.28. The second-order valence-electron chi connectivity index (χ2n) is 3.41. The SMILES string of the molecule is CC(=O)C1CSC(C)([C-]=O)N1C(C)=O.[Y]. The molecule has 6 heteroatoms. The van der Waals surface area contributed by atoms with Crippen molar-refractivity contribution in [1.82, 2.24) is 4.90 Å². The maximum Gasteiger partial charge on any atom is 0.219 e. The van der Waals surface area contributed by atoms with Gasteiger partial charge < -0.3 is 9.69 Å². The Bertz CT molecular complexity index is 297. The van der Waals surface area contributed by atoms with Gasteiger partial charge in [0.25, 0.3) is 0 Å². The average Bonchev–Trinajstić information content (AvgIpc) is 2.44. The number of thioether (sulfide) groups is 1. The van der Waals surface area contributed by atoms with E-state index in [-0.39, 0.29) is 44.4 Å². The Labute approximate surface area is 118 Å². The molecule has 0 saturated carbocycles. The van der Waals surface area contributed by atoms with E-state index in [4.69, 9.17) is 0 Å². The number of hydrogen-bond donors (Lipinski definition) is 0. The molecule has 1 aliphatic rings. The first kappa shape index (κ1) is 15.3. The Morgan fingerprint density at radius 2 is 2.00 bits per heavy atom. The molecule has 0 aromatic rings. The third-order valence-electron chi connectivity index (χ3n) is 2.29. The van der Waals surface area contributed by atoms with E-state index >= 15 is 0 Å². The van der Waals surface area contributed by atoms with Crippen molar-refractivity contribution < 1.29 is 47.1 Å². The molecule has 81 valence electrons. The van der Waals surface area contributed by atoms with Crippen LogP contribution in [-0.4, -0.2) is 39.5 Å². The third kappa shape index (κ3) is 2.89. The van der Waals surface area contributed by atoms with Crippen molar-refractivity contribution in [1.29, 1.82) is 0 Å². The topological polar surface area (TPSA) is 54.5 Å². The zero-order valence-corrected chi connectivity index (χ0v) is 12.6. The molecule has 0 N–H and O–H groups in total. The maximum atomic E-state index is 11.3. The van der Waals surface area contributed by atoms with Gasteiger partial charge in [-0.25, -0.2) is 6.29 Å². The zero-order chi connectivity index (χ0) is 10.9. The number of ketones is 1. The summed E-state index contributed by atoms with van der Waals surface area (Å²) in [6.07, 6.45) is 1.82. The van der Waals surface area contributed by atoms with Gasteiger partial charge in [0.05, 0.1) is 6.04 Å². The summed E-state index contributed by atoms with van der Waals surface area (Å²) in [5, 5.41) is 0. The van der Waals surface area contributed by atoms with Gasteiger partial charge in [-0.05, 0) is 11.8 Å². The third-order valence-corrected chi connectivity index (χ3v) is 3.62. The van der Waals surface area contributed by atoms with Crippen LogP contribution in [0.15, 0.2) is 0 Å². The van der Waals surface area contributed by atoms with Gasteiger partial charge in [-0.15, -0.1) is 0 Å². The Kier molecular flexibility index (Phi) is 5.65. The molecular weight excluding hydrogens is 291 g/mol. The van der Waals surface area contributed by atoms with Gasteiger partial charge in [-0.3, -0.25) is 9.59 Å². The number of carbonyl (C=O) groups is 2. The minimum atomic E-state index is -0.998. The van der Waals surface area contributed by atoms with Crippen molar-refractivity contribution >= 4 is 29.7 Å². The summed E-state index contributed by atoms with van der Waals surface area (Å²) in [5.41, 5.74) is 0. The molecule has 0 bridgehead atoms. The van der Waals surface area contributed by atoms with Crippen LogP contribution >= 0.6 is 11.8 Å². The molecule has 0 spiro atoms. The van der Waals surface area contributed by atoms with E-state index in [1.54, 1.807) is 6.92 Å². The minimum Gasteiger partial charge on any atom is -0.539 e. The minimum absolute atomic E-state index is 0. The van der Waals surface area contributed by atoms with Crippen molar-refractivity contribution in [2.24, 2.45) is 0 Å². The van der Waals surface area contributed by atoms with Crippen molar-refractivity contribution in [3.05, 3.63) is 0 Å². The van der Waals surface area contributed by atoms with Crippen LogP contribution < -0.4 is 0 Å². The normalized spacial score (nSPS) is 29.5. The van der Waals surface area contributed by atoms with Crippen molar-refractivity contribution in [3.8, 4) is 0 Å². The molecule has 0 aliphatic carbocycles. The Hall–Kier alpha value is 0.264. The van der Waals surface area contributed by atoms with E-state index < -0.39 is 10.9 Å². The number of hydrogen-bond acceptors (Lipinski definition) is 4. The van der Waals surface area contributed by atoms with Gasteiger partial charge in [0.15, 0.2) is 5.78 Å². The molecule has 1 fully saturated rings. The van der Waals surface area contributed by atoms with Crippen LogP contribution in [0.3, 0.4) is 0 Å². The smallest absolute Gasteiger partial charge is 0.219 e. The fraction of sp³-hybridized carbons (Fsp3) is 0.667. The molecule has 1 amide bonds. The number of rotatable bonds is 2. The molecule has 4 nitrogen and oxygen atoms in total. The van der Waals surface area contributed by atoms with Crippen LogP contribution in [0.25, 0.3) is 0 Å². The molecule has 2 atom stereocenters. The first-order valence-electron chi connectivity index (χ1n) is 4.26. The van der Waals surface area contributed by atoms with Crippen LogP contribution in [0.1, 0.15) is 20.8 Å². The number of carbonyl (C=O) groups excluding carboxylic acids is 3. The van der Waals surface area contributed by atoms with Gasteiger partial charge in [-0.1, -0.05) is 6.92 Å². The largest absolute Gasteiger partial charge is 0.539 e. The Morgan fingerprint density at radius 3 is 2.33 bits per heavy atom. The predicted molar refractivity (Wildman–Crippen MR) is 53.5 cm³/mol. The molecule has 1 saturated heterocycles. The van der Waals surface area contributed by atoms with Crippen LogP contribution in [-0.2, 0) is 47.1 Å². The first-order chi connectivity index (χ1) is 6.42. The van der Waals surface area contributed by atoms with Gasteiger partial charge >= 0.3 is 0 Å². The van der Waals surface area contributed by atoms with E-state index in [1.807, 2.05) is 6.29 Å². The molecule has 15 heavy (non-hydrogen) atoms. The second kappa shape index (κ2) is 5.55. The van der Waals surface area contributed by atoms with Crippen molar-refractivity contribution in [2.75, 3.05) is 5.75 Å². The van der Waals surface area contributed by atoms with Crippen molar-refractivity contribution in [3.63, 3.8) is 0 Å². The molecular formula is C9H12NO3SY-. The quantitative estimate of drug-likeness (QED) is 0.691. The Balaban J connectivity index is 0.00000196. The Morgan fingerprint density at radius 1 is 1.47 bits per heavy atom. The molecule has 0 aromatic carbocycles. The molecule has 0 aromatic heterocycles. The summed E-state index contributed by atoms with van der Waals surface area (Å²) in [6.45, 7) is 4.39.